The molecule has 0 radical (unpaired) electrons. The van der Waals surface area contributed by atoms with Gasteiger partial charge in [0.05, 0.1) is 16.9 Å². The Bertz CT molecular complexity index is 1050. The summed E-state index contributed by atoms with van der Waals surface area (Å²) in [5.41, 5.74) is 2.26. The standard InChI is InChI=1S/C24H26ClNO5S/c1-24(2,3)13-26-17-8-7-14(25)11-16(17)22(32-19(23(26)29)12-20(27)28)15-5-4-6-18-21(15)31-10-9-30-18/h4-8,11,19,22H,9-10,12-13H2,1-3H3,(H,27,28)/t19-,22-/m1/s1. The van der Waals surface area contributed by atoms with E-state index in [1.54, 1.807) is 11.0 Å². The summed E-state index contributed by atoms with van der Waals surface area (Å²) in [4.78, 5) is 27.0. The Morgan fingerprint density at radius 3 is 2.66 bits per heavy atom. The number of para-hydroxylation sites is 1. The zero-order valence-electron chi connectivity index (χ0n) is 18.3. The highest BCUT2D eigenvalue weighted by atomic mass is 35.5. The largest absolute Gasteiger partial charge is 0.486 e. The number of halogens is 1. The molecular weight excluding hydrogens is 450 g/mol. The van der Waals surface area contributed by atoms with Gasteiger partial charge in [-0.05, 0) is 35.2 Å². The number of benzene rings is 2. The molecule has 0 aliphatic carbocycles. The summed E-state index contributed by atoms with van der Waals surface area (Å²) in [7, 11) is 0. The minimum absolute atomic E-state index is 0.187. The first kappa shape index (κ1) is 22.8. The minimum Gasteiger partial charge on any atom is -0.486 e. The number of carbonyl (C=O) groups excluding carboxylic acids is 1. The van der Waals surface area contributed by atoms with Crippen molar-refractivity contribution >= 4 is 40.9 Å². The van der Waals surface area contributed by atoms with Gasteiger partial charge in [0.15, 0.2) is 11.5 Å². The Labute approximate surface area is 196 Å². The van der Waals surface area contributed by atoms with E-state index in [4.69, 9.17) is 21.1 Å². The van der Waals surface area contributed by atoms with Crippen molar-refractivity contribution in [3.8, 4) is 11.5 Å². The van der Waals surface area contributed by atoms with E-state index < -0.39 is 11.2 Å². The van der Waals surface area contributed by atoms with Crippen molar-refractivity contribution in [2.45, 2.75) is 37.7 Å². The van der Waals surface area contributed by atoms with Crippen LogP contribution < -0.4 is 14.4 Å². The fourth-order valence-corrected chi connectivity index (χ4v) is 5.70. The van der Waals surface area contributed by atoms with Gasteiger partial charge in [-0.25, -0.2) is 0 Å². The Morgan fingerprint density at radius 1 is 1.19 bits per heavy atom. The highest BCUT2D eigenvalue weighted by Gasteiger charge is 2.40. The monoisotopic (exact) mass is 475 g/mol. The molecule has 170 valence electrons. The Hall–Kier alpha value is -2.38. The summed E-state index contributed by atoms with van der Waals surface area (Å²) < 4.78 is 11.7. The van der Waals surface area contributed by atoms with Gasteiger partial charge in [0.1, 0.15) is 13.2 Å². The molecule has 2 heterocycles. The lowest BCUT2D eigenvalue weighted by atomic mass is 9.94. The summed E-state index contributed by atoms with van der Waals surface area (Å²) in [6.45, 7) is 7.51. The van der Waals surface area contributed by atoms with Crippen LogP contribution in [0.3, 0.4) is 0 Å². The SMILES string of the molecule is CC(C)(C)CN1C(=O)[C@@H](CC(=O)O)S[C@H](c2cccc3c2OCCO3)c2cc(Cl)ccc21. The summed E-state index contributed by atoms with van der Waals surface area (Å²) in [5.74, 6) is 0.0622. The van der Waals surface area contributed by atoms with E-state index in [0.717, 1.165) is 16.8 Å². The van der Waals surface area contributed by atoms with E-state index in [2.05, 4.69) is 20.8 Å². The van der Waals surface area contributed by atoms with Crippen LogP contribution in [0.1, 0.15) is 43.6 Å². The van der Waals surface area contributed by atoms with Crippen LogP contribution in [-0.2, 0) is 9.59 Å². The van der Waals surface area contributed by atoms with Crippen LogP contribution in [0.2, 0.25) is 5.02 Å². The predicted molar refractivity (Wildman–Crippen MR) is 126 cm³/mol. The van der Waals surface area contributed by atoms with E-state index in [0.29, 0.717) is 36.3 Å². The van der Waals surface area contributed by atoms with E-state index in [9.17, 15) is 14.7 Å². The van der Waals surface area contributed by atoms with Gasteiger partial charge < -0.3 is 19.5 Å². The average Bonchev–Trinajstić information content (AvgIpc) is 2.82. The van der Waals surface area contributed by atoms with Crippen LogP contribution in [0.25, 0.3) is 0 Å². The van der Waals surface area contributed by atoms with Crippen LogP contribution in [0.5, 0.6) is 11.5 Å². The van der Waals surface area contributed by atoms with Gasteiger partial charge in [-0.3, -0.25) is 9.59 Å². The van der Waals surface area contributed by atoms with E-state index >= 15 is 0 Å². The van der Waals surface area contributed by atoms with Gasteiger partial charge in [-0.2, -0.15) is 0 Å². The average molecular weight is 476 g/mol. The van der Waals surface area contributed by atoms with Gasteiger partial charge in [0.2, 0.25) is 5.91 Å². The number of carbonyl (C=O) groups is 2. The smallest absolute Gasteiger partial charge is 0.305 e. The second-order valence-corrected chi connectivity index (χ2v) is 10.9. The van der Waals surface area contributed by atoms with E-state index in [1.165, 1.54) is 11.8 Å². The third kappa shape index (κ3) is 4.69. The maximum atomic E-state index is 13.6. The minimum atomic E-state index is -1.01. The second kappa shape index (κ2) is 8.87. The summed E-state index contributed by atoms with van der Waals surface area (Å²) in [6, 6.07) is 11.2. The summed E-state index contributed by atoms with van der Waals surface area (Å²) in [6.07, 6.45) is -0.269. The van der Waals surface area contributed by atoms with Crippen LogP contribution in [-0.4, -0.2) is 42.0 Å². The van der Waals surface area contributed by atoms with Crippen LogP contribution >= 0.6 is 23.4 Å². The first-order valence-electron chi connectivity index (χ1n) is 10.5. The Morgan fingerprint density at radius 2 is 1.94 bits per heavy atom. The van der Waals surface area contributed by atoms with Gasteiger partial charge >= 0.3 is 5.97 Å². The molecule has 6 nitrogen and oxygen atoms in total. The highest BCUT2D eigenvalue weighted by molar-refractivity contribution is 8.01. The number of fused-ring (bicyclic) bond motifs is 2. The maximum Gasteiger partial charge on any atom is 0.305 e. The number of carboxylic acids is 1. The lowest BCUT2D eigenvalue weighted by molar-refractivity contribution is -0.138. The number of anilines is 1. The van der Waals surface area contributed by atoms with Crippen LogP contribution in [0.15, 0.2) is 36.4 Å². The molecule has 32 heavy (non-hydrogen) atoms. The fourth-order valence-electron chi connectivity index (χ4n) is 4.04. The maximum absolute atomic E-state index is 13.6. The molecule has 2 atom stereocenters. The number of hydrogen-bond acceptors (Lipinski definition) is 5. The fraction of sp³-hybridized carbons (Fsp3) is 0.417. The quantitative estimate of drug-likeness (QED) is 0.657. The molecular formula is C24H26ClNO5S. The molecule has 0 unspecified atom stereocenters. The molecule has 0 fully saturated rings. The first-order chi connectivity index (χ1) is 15.1. The first-order valence-corrected chi connectivity index (χ1v) is 11.8. The molecule has 1 N–H and O–H groups in total. The van der Waals surface area contributed by atoms with Gasteiger partial charge in [0.25, 0.3) is 0 Å². The lowest BCUT2D eigenvalue weighted by Gasteiger charge is -2.31. The highest BCUT2D eigenvalue weighted by Crippen LogP contribution is 2.52. The molecule has 1 amide bonds. The molecule has 2 aliphatic heterocycles. The molecule has 4 rings (SSSR count). The van der Waals surface area contributed by atoms with Crippen LogP contribution in [0.4, 0.5) is 5.69 Å². The molecule has 0 saturated carbocycles. The number of amides is 1. The van der Waals surface area contributed by atoms with Crippen molar-refractivity contribution in [2.75, 3.05) is 24.7 Å². The van der Waals surface area contributed by atoms with E-state index in [1.807, 2.05) is 30.3 Å². The van der Waals surface area contributed by atoms with E-state index in [-0.39, 0.29) is 23.0 Å². The lowest BCUT2D eigenvalue weighted by Crippen LogP contribution is -2.42. The Balaban J connectivity index is 1.91. The van der Waals surface area contributed by atoms with Crippen molar-refractivity contribution in [3.63, 3.8) is 0 Å². The topological polar surface area (TPSA) is 76.1 Å². The molecule has 0 bridgehead atoms. The molecule has 2 aromatic rings. The molecule has 8 heteroatoms. The zero-order valence-corrected chi connectivity index (χ0v) is 19.8. The Kier molecular flexibility index (Phi) is 6.32. The molecule has 2 aromatic carbocycles. The number of ether oxygens (including phenoxy) is 2. The number of carboxylic acid groups (broad SMARTS) is 1. The van der Waals surface area contributed by atoms with Gasteiger partial charge in [-0.15, -0.1) is 11.8 Å². The van der Waals surface area contributed by atoms with Crippen molar-refractivity contribution in [1.82, 2.24) is 0 Å². The number of aliphatic carboxylic acids is 1. The third-order valence-corrected chi connectivity index (χ3v) is 6.99. The predicted octanol–water partition coefficient (Wildman–Crippen LogP) is 5.17. The summed E-state index contributed by atoms with van der Waals surface area (Å²) in [5, 5.41) is 9.00. The third-order valence-electron chi connectivity index (χ3n) is 5.28. The normalized spacial score (nSPS) is 20.5. The van der Waals surface area contributed by atoms with Crippen molar-refractivity contribution < 1.29 is 24.2 Å². The number of hydrogen-bond donors (Lipinski definition) is 1. The van der Waals surface area contributed by atoms with Crippen molar-refractivity contribution in [3.05, 3.63) is 52.5 Å². The molecule has 0 saturated heterocycles. The van der Waals surface area contributed by atoms with Crippen molar-refractivity contribution in [2.24, 2.45) is 5.41 Å². The second-order valence-electron chi connectivity index (χ2n) is 9.16. The molecule has 0 aromatic heterocycles. The number of thioether (sulfide) groups is 1. The van der Waals surface area contributed by atoms with Gasteiger partial charge in [0, 0.05) is 22.8 Å². The zero-order chi connectivity index (χ0) is 23.0. The van der Waals surface area contributed by atoms with Crippen molar-refractivity contribution in [1.29, 1.82) is 0 Å². The van der Waals surface area contributed by atoms with Crippen LogP contribution in [0, 0.1) is 5.41 Å². The number of rotatable bonds is 4. The molecule has 0 spiro atoms. The summed E-state index contributed by atoms with van der Waals surface area (Å²) >= 11 is 7.73. The molecule has 2 aliphatic rings. The van der Waals surface area contributed by atoms with Gasteiger partial charge in [-0.1, -0.05) is 44.5 Å². The number of nitrogens with zero attached hydrogens (tertiary/aromatic N) is 1.